The van der Waals surface area contributed by atoms with E-state index in [-0.39, 0.29) is 18.9 Å². The van der Waals surface area contributed by atoms with Crippen molar-refractivity contribution in [3.05, 3.63) is 0 Å². The lowest BCUT2D eigenvalue weighted by Gasteiger charge is -2.23. The first-order chi connectivity index (χ1) is 11.6. The molecule has 0 rings (SSSR count). The fraction of sp³-hybridized carbons (Fsp3) is 0.692. The number of aliphatic hydroxyl groups is 2. The van der Waals surface area contributed by atoms with Crippen LogP contribution in [0.1, 0.15) is 19.8 Å². The molecule has 0 aliphatic heterocycles. The number of aliphatic imine (C=N–C) groups is 1. The second kappa shape index (κ2) is 11.2. The minimum atomic E-state index is -1.52. The van der Waals surface area contributed by atoms with Crippen LogP contribution in [0.4, 0.5) is 0 Å². The fourth-order valence-electron chi connectivity index (χ4n) is 1.72. The molecule has 0 aromatic rings. The number of guanidine groups is 1. The van der Waals surface area contributed by atoms with Gasteiger partial charge in [-0.05, 0) is 19.8 Å². The number of carboxylic acid groups (broad SMARTS) is 1. The van der Waals surface area contributed by atoms with Crippen LogP contribution in [0.25, 0.3) is 0 Å². The van der Waals surface area contributed by atoms with Crippen LogP contribution in [0, 0.1) is 0 Å². The molecule has 0 fully saturated rings. The Kier molecular flexibility index (Phi) is 10.1. The first-order valence-electron chi connectivity index (χ1n) is 7.53. The lowest BCUT2D eigenvalue weighted by molar-refractivity contribution is -0.143. The topological polar surface area (TPSA) is 226 Å². The van der Waals surface area contributed by atoms with Gasteiger partial charge < -0.3 is 43.2 Å². The fourth-order valence-corrected chi connectivity index (χ4v) is 1.72. The number of carboxylic acids is 1. The van der Waals surface area contributed by atoms with Crippen LogP contribution in [0.15, 0.2) is 4.99 Å². The van der Waals surface area contributed by atoms with Crippen molar-refractivity contribution >= 4 is 23.7 Å². The molecule has 0 bridgehead atoms. The quantitative estimate of drug-likeness (QED) is 0.101. The summed E-state index contributed by atoms with van der Waals surface area (Å²) in [6.07, 6.45) is -0.759. The number of nitrogens with one attached hydrogen (secondary N) is 2. The van der Waals surface area contributed by atoms with Gasteiger partial charge in [0.05, 0.1) is 12.7 Å². The molecular formula is C13H26N6O6. The van der Waals surface area contributed by atoms with Crippen molar-refractivity contribution in [2.45, 2.75) is 44.0 Å². The Morgan fingerprint density at radius 3 is 2.12 bits per heavy atom. The van der Waals surface area contributed by atoms with E-state index in [1.807, 2.05) is 0 Å². The number of amides is 2. The van der Waals surface area contributed by atoms with Gasteiger partial charge in [0.25, 0.3) is 0 Å². The Balaban J connectivity index is 4.97. The SMILES string of the molecule is C[C@@H](O)[C@H](N)C(=O)N[C@@H](CCCN=C(N)N)C(=O)N[C@@H](CO)C(=O)O. The molecule has 2 amide bonds. The molecule has 0 spiro atoms. The molecule has 0 saturated carbocycles. The average molecular weight is 362 g/mol. The normalized spacial score (nSPS) is 15.4. The van der Waals surface area contributed by atoms with Gasteiger partial charge in [-0.1, -0.05) is 0 Å². The van der Waals surface area contributed by atoms with E-state index < -0.39 is 48.6 Å². The minimum Gasteiger partial charge on any atom is -0.480 e. The third-order valence-corrected chi connectivity index (χ3v) is 3.20. The summed E-state index contributed by atoms with van der Waals surface area (Å²) in [7, 11) is 0. The highest BCUT2D eigenvalue weighted by Crippen LogP contribution is 2.01. The second-order valence-corrected chi connectivity index (χ2v) is 5.36. The summed E-state index contributed by atoms with van der Waals surface area (Å²) in [4.78, 5) is 38.7. The van der Waals surface area contributed by atoms with Gasteiger partial charge in [0, 0.05) is 6.54 Å². The van der Waals surface area contributed by atoms with Crippen LogP contribution < -0.4 is 27.8 Å². The highest BCUT2D eigenvalue weighted by Gasteiger charge is 2.28. The number of aliphatic carboxylic acids is 1. The molecule has 0 aliphatic carbocycles. The van der Waals surface area contributed by atoms with E-state index in [1.54, 1.807) is 0 Å². The molecule has 4 atom stereocenters. The van der Waals surface area contributed by atoms with Crippen LogP contribution in [-0.4, -0.2) is 76.4 Å². The van der Waals surface area contributed by atoms with Crippen molar-refractivity contribution in [3.63, 3.8) is 0 Å². The first-order valence-corrected chi connectivity index (χ1v) is 7.53. The monoisotopic (exact) mass is 362 g/mol. The van der Waals surface area contributed by atoms with Crippen molar-refractivity contribution in [3.8, 4) is 0 Å². The number of nitrogens with zero attached hydrogens (tertiary/aromatic N) is 1. The van der Waals surface area contributed by atoms with Gasteiger partial charge in [-0.25, -0.2) is 4.79 Å². The Morgan fingerprint density at radius 1 is 1.12 bits per heavy atom. The van der Waals surface area contributed by atoms with Gasteiger partial charge in [-0.15, -0.1) is 0 Å². The standard InChI is InChI=1S/C13H26N6O6/c1-6(21)9(14)11(23)18-7(3-2-4-17-13(15)16)10(22)19-8(5-20)12(24)25/h6-9,20-21H,2-5,14H2,1H3,(H,18,23)(H,19,22)(H,24,25)(H4,15,16,17)/t6-,7+,8+,9+/m1/s1. The Bertz CT molecular complexity index is 493. The maximum atomic E-state index is 12.2. The van der Waals surface area contributed by atoms with Gasteiger partial charge in [-0.3, -0.25) is 14.6 Å². The predicted molar refractivity (Wildman–Crippen MR) is 88.2 cm³/mol. The molecule has 0 saturated heterocycles. The van der Waals surface area contributed by atoms with E-state index in [0.717, 1.165) is 0 Å². The molecule has 0 unspecified atom stereocenters. The van der Waals surface area contributed by atoms with Crippen LogP contribution in [0.2, 0.25) is 0 Å². The number of hydrogen-bond acceptors (Lipinski definition) is 7. The summed E-state index contributed by atoms with van der Waals surface area (Å²) >= 11 is 0. The van der Waals surface area contributed by atoms with Gasteiger partial charge in [0.1, 0.15) is 18.1 Å². The molecule has 12 nitrogen and oxygen atoms in total. The van der Waals surface area contributed by atoms with E-state index >= 15 is 0 Å². The van der Waals surface area contributed by atoms with E-state index in [4.69, 9.17) is 27.4 Å². The average Bonchev–Trinajstić information content (AvgIpc) is 2.53. The lowest BCUT2D eigenvalue weighted by atomic mass is 10.1. The Labute approximate surface area is 144 Å². The molecule has 25 heavy (non-hydrogen) atoms. The number of rotatable bonds is 11. The van der Waals surface area contributed by atoms with Crippen molar-refractivity contribution in [1.29, 1.82) is 0 Å². The van der Waals surface area contributed by atoms with Gasteiger partial charge in [0.15, 0.2) is 5.96 Å². The second-order valence-electron chi connectivity index (χ2n) is 5.36. The third kappa shape index (κ3) is 8.83. The number of nitrogens with two attached hydrogens (primary N) is 3. The summed E-state index contributed by atoms with van der Waals surface area (Å²) in [6.45, 7) is 0.681. The predicted octanol–water partition coefficient (Wildman–Crippen LogP) is -4.21. The summed E-state index contributed by atoms with van der Waals surface area (Å²) in [5, 5.41) is 31.6. The Morgan fingerprint density at radius 2 is 1.68 bits per heavy atom. The molecule has 11 N–H and O–H groups in total. The van der Waals surface area contributed by atoms with E-state index in [2.05, 4.69) is 15.6 Å². The highest BCUT2D eigenvalue weighted by molar-refractivity contribution is 5.91. The summed E-state index contributed by atoms with van der Waals surface area (Å²) in [6, 6.07) is -3.92. The summed E-state index contributed by atoms with van der Waals surface area (Å²) in [5.41, 5.74) is 15.9. The van der Waals surface area contributed by atoms with Crippen LogP contribution in [0.5, 0.6) is 0 Å². The van der Waals surface area contributed by atoms with Crippen LogP contribution in [-0.2, 0) is 14.4 Å². The van der Waals surface area contributed by atoms with Gasteiger partial charge in [0.2, 0.25) is 11.8 Å². The molecule has 0 aliphatic rings. The summed E-state index contributed by atoms with van der Waals surface area (Å²) in [5.74, 6) is -3.17. The molecular weight excluding hydrogens is 336 g/mol. The zero-order valence-electron chi connectivity index (χ0n) is 13.9. The van der Waals surface area contributed by atoms with Crippen LogP contribution in [0.3, 0.4) is 0 Å². The smallest absolute Gasteiger partial charge is 0.328 e. The van der Waals surface area contributed by atoms with Crippen LogP contribution >= 0.6 is 0 Å². The van der Waals surface area contributed by atoms with Crippen molar-refractivity contribution in [1.82, 2.24) is 10.6 Å². The van der Waals surface area contributed by atoms with Crippen molar-refractivity contribution < 1.29 is 29.7 Å². The summed E-state index contributed by atoms with van der Waals surface area (Å²) < 4.78 is 0. The zero-order valence-corrected chi connectivity index (χ0v) is 13.9. The number of aliphatic hydroxyl groups excluding tert-OH is 2. The lowest BCUT2D eigenvalue weighted by Crippen LogP contribution is -2.56. The highest BCUT2D eigenvalue weighted by atomic mass is 16.4. The molecule has 144 valence electrons. The molecule has 0 heterocycles. The first kappa shape index (κ1) is 22.6. The molecule has 0 aromatic carbocycles. The van der Waals surface area contributed by atoms with Crippen molar-refractivity contribution in [2.24, 2.45) is 22.2 Å². The molecule has 0 radical (unpaired) electrons. The van der Waals surface area contributed by atoms with Crippen molar-refractivity contribution in [2.75, 3.05) is 13.2 Å². The molecule has 12 heteroatoms. The minimum absolute atomic E-state index is 0.0820. The zero-order chi connectivity index (χ0) is 19.6. The van der Waals surface area contributed by atoms with Gasteiger partial charge in [-0.2, -0.15) is 0 Å². The van der Waals surface area contributed by atoms with E-state index in [9.17, 15) is 19.5 Å². The van der Waals surface area contributed by atoms with Gasteiger partial charge >= 0.3 is 5.97 Å². The third-order valence-electron chi connectivity index (χ3n) is 3.20. The molecule has 0 aromatic heterocycles. The van der Waals surface area contributed by atoms with E-state index in [1.165, 1.54) is 6.92 Å². The Hall–Kier alpha value is -2.44. The van der Waals surface area contributed by atoms with E-state index in [0.29, 0.717) is 6.42 Å². The number of carbonyl (C=O) groups excluding carboxylic acids is 2. The number of carbonyl (C=O) groups is 3. The maximum Gasteiger partial charge on any atom is 0.328 e. The number of hydrogen-bond donors (Lipinski definition) is 8. The maximum absolute atomic E-state index is 12.2. The largest absolute Gasteiger partial charge is 0.480 e.